The number of amides is 2. The third kappa shape index (κ3) is 19.7. The van der Waals surface area contributed by atoms with Crippen LogP contribution in [0.4, 0.5) is 22.7 Å². The van der Waals surface area contributed by atoms with E-state index >= 15 is 0 Å². The SMILES string of the molecule is O.O.O.O.O.O.O.O.O=C(O)c1cc(NC(=O)c2cccc([N+](=O)[O-])c2)cc(S(=O)(=O)[O-])c1.O=C(O)c1cc(NC(=O)c2cccc([N+](=O)[O-])c2)cc(S(=O)(=O)[O-])c1.[Sr+2]. The summed E-state index contributed by atoms with van der Waals surface area (Å²) in [6.07, 6.45) is 0. The minimum absolute atomic E-state index is 0. The summed E-state index contributed by atoms with van der Waals surface area (Å²) in [6.45, 7) is 0. The molecule has 324 valence electrons. The van der Waals surface area contributed by atoms with E-state index < -0.39 is 74.8 Å². The number of hydrogen-bond donors (Lipinski definition) is 4. The minimum Gasteiger partial charge on any atom is -0.744 e. The predicted molar refractivity (Wildman–Crippen MR) is 199 cm³/mol. The number of hydrogen-bond acceptors (Lipinski definition) is 14. The first kappa shape index (κ1) is 68.2. The quantitative estimate of drug-likeness (QED) is 0.0508. The third-order valence-corrected chi connectivity index (χ3v) is 7.66. The molecule has 28 nitrogen and oxygen atoms in total. The van der Waals surface area contributed by atoms with E-state index in [-0.39, 0.29) is 123 Å². The van der Waals surface area contributed by atoms with E-state index in [0.717, 1.165) is 36.4 Å². The molecule has 2 amide bonds. The number of rotatable bonds is 10. The van der Waals surface area contributed by atoms with Crippen molar-refractivity contribution in [2.24, 2.45) is 0 Å². The Kier molecular flexibility index (Phi) is 32.4. The molecule has 0 aliphatic heterocycles. The Morgan fingerprint density at radius 3 is 1.02 bits per heavy atom. The van der Waals surface area contributed by atoms with Gasteiger partial charge in [0.25, 0.3) is 23.2 Å². The maximum atomic E-state index is 12.1. The summed E-state index contributed by atoms with van der Waals surface area (Å²) in [7, 11) is -9.91. The van der Waals surface area contributed by atoms with E-state index in [1.165, 1.54) is 36.4 Å². The van der Waals surface area contributed by atoms with Crippen LogP contribution < -0.4 is 10.6 Å². The van der Waals surface area contributed by atoms with Crippen LogP contribution in [0.2, 0.25) is 0 Å². The van der Waals surface area contributed by atoms with Crippen LogP contribution in [0.3, 0.4) is 0 Å². The number of carbonyl (C=O) groups is 4. The van der Waals surface area contributed by atoms with Crippen LogP contribution in [0, 0.1) is 20.2 Å². The van der Waals surface area contributed by atoms with Gasteiger partial charge < -0.3 is 73.8 Å². The van der Waals surface area contributed by atoms with Gasteiger partial charge in [-0.2, -0.15) is 0 Å². The average Bonchev–Trinajstić information content (AvgIpc) is 3.04. The Morgan fingerprint density at radius 2 is 0.780 bits per heavy atom. The van der Waals surface area contributed by atoms with Crippen molar-refractivity contribution < 1.29 is 109 Å². The minimum atomic E-state index is -4.95. The van der Waals surface area contributed by atoms with Crippen LogP contribution in [0.15, 0.2) is 94.7 Å². The van der Waals surface area contributed by atoms with Crippen molar-refractivity contribution in [3.63, 3.8) is 0 Å². The van der Waals surface area contributed by atoms with E-state index in [9.17, 15) is 65.3 Å². The number of carboxylic acid groups (broad SMARTS) is 2. The van der Waals surface area contributed by atoms with Crippen LogP contribution in [0.5, 0.6) is 0 Å². The van der Waals surface area contributed by atoms with Crippen molar-refractivity contribution in [1.29, 1.82) is 0 Å². The van der Waals surface area contributed by atoms with Crippen molar-refractivity contribution in [2.75, 3.05) is 10.6 Å². The van der Waals surface area contributed by atoms with Crippen LogP contribution in [0.25, 0.3) is 0 Å². The fourth-order valence-electron chi connectivity index (χ4n) is 3.81. The number of nitrogens with zero attached hydrogens (tertiary/aromatic N) is 2. The number of nitrogens with one attached hydrogen (secondary N) is 2. The predicted octanol–water partition coefficient (Wildman–Crippen LogP) is -4.08. The number of nitro benzene ring substituents is 2. The summed E-state index contributed by atoms with van der Waals surface area (Å²) in [6, 6.07) is 14.2. The number of carboxylic acids is 2. The molecule has 0 saturated carbocycles. The van der Waals surface area contributed by atoms with Crippen molar-refractivity contribution in [2.45, 2.75) is 9.79 Å². The summed E-state index contributed by atoms with van der Waals surface area (Å²) in [4.78, 5) is 64.7. The molecule has 0 heterocycles. The number of non-ortho nitro benzene ring substituents is 2. The molecule has 0 fully saturated rings. The summed E-state index contributed by atoms with van der Waals surface area (Å²) in [5, 5.41) is 43.8. The first-order chi connectivity index (χ1) is 23.1. The van der Waals surface area contributed by atoms with Gasteiger partial charge in [0, 0.05) is 46.8 Å². The molecule has 4 rings (SSSR count). The fourth-order valence-corrected chi connectivity index (χ4v) is 4.89. The number of aromatic carboxylic acids is 2. The smallest absolute Gasteiger partial charge is 0.744 e. The molecule has 20 N–H and O–H groups in total. The molecule has 59 heavy (non-hydrogen) atoms. The molecule has 0 saturated heterocycles. The molecule has 0 spiro atoms. The van der Waals surface area contributed by atoms with Crippen molar-refractivity contribution in [3.05, 3.63) is 127 Å². The van der Waals surface area contributed by atoms with E-state index in [2.05, 4.69) is 10.6 Å². The molecule has 0 aliphatic carbocycles. The molecular weight excluding hydrogens is 928 g/mol. The zero-order valence-corrected chi connectivity index (χ0v) is 34.2. The first-order valence-corrected chi connectivity index (χ1v) is 15.8. The maximum Gasteiger partial charge on any atom is 2.00 e. The molecule has 0 atom stereocenters. The molecule has 4 aromatic rings. The van der Waals surface area contributed by atoms with E-state index in [0.29, 0.717) is 12.1 Å². The van der Waals surface area contributed by atoms with Gasteiger partial charge >= 0.3 is 57.4 Å². The zero-order valence-electron chi connectivity index (χ0n) is 29.1. The topological polar surface area (TPSA) is 585 Å². The van der Waals surface area contributed by atoms with Gasteiger partial charge in [-0.05, 0) is 48.5 Å². The van der Waals surface area contributed by atoms with Gasteiger partial charge in [0.15, 0.2) is 0 Å². The Labute approximate surface area is 366 Å². The Morgan fingerprint density at radius 1 is 0.492 bits per heavy atom. The van der Waals surface area contributed by atoms with E-state index in [4.69, 9.17) is 10.2 Å². The Hall–Kier alpha value is -5.46. The second-order valence-electron chi connectivity index (χ2n) is 9.53. The van der Waals surface area contributed by atoms with Gasteiger partial charge in [0.05, 0.1) is 30.8 Å². The molecule has 0 aliphatic rings. The molecule has 0 unspecified atom stereocenters. The Balaban J connectivity index is -0.000000159. The van der Waals surface area contributed by atoms with Gasteiger partial charge in [-0.1, -0.05) is 12.1 Å². The standard InChI is InChI=1S/2C14H10N2O8S.8H2O.Sr/c2*17-13(8-2-1-3-11(5-8)16(20)21)15-10-4-9(14(18)19)6-12(7-10)25(22,23)24;;;;;;;;;/h2*1-7H,(H,15,17)(H,18,19)(H,22,23,24);8*1H2;/q;;;;;;;;;;+2/p-2. The number of nitro groups is 2. The molecule has 4 aromatic carbocycles. The van der Waals surface area contributed by atoms with Gasteiger partial charge in [-0.3, -0.25) is 29.8 Å². The monoisotopic (exact) mass is 962 g/mol. The van der Waals surface area contributed by atoms with Crippen LogP contribution in [-0.4, -0.2) is 159 Å². The summed E-state index contributed by atoms with van der Waals surface area (Å²) in [5.74, 6) is -4.70. The average molecular weight is 962 g/mol. The number of anilines is 2. The maximum absolute atomic E-state index is 12.1. The van der Waals surface area contributed by atoms with E-state index in [1.54, 1.807) is 0 Å². The van der Waals surface area contributed by atoms with E-state index in [1.807, 2.05) is 0 Å². The second-order valence-corrected chi connectivity index (χ2v) is 12.3. The number of benzene rings is 4. The summed E-state index contributed by atoms with van der Waals surface area (Å²) in [5.41, 5.74) is -2.46. The third-order valence-electron chi connectivity index (χ3n) is 6.04. The summed E-state index contributed by atoms with van der Waals surface area (Å²) < 4.78 is 66.6. The fraction of sp³-hybridized carbons (Fsp3) is 0. The van der Waals surface area contributed by atoms with Gasteiger partial charge in [0.2, 0.25) is 0 Å². The Bertz CT molecular complexity index is 2150. The summed E-state index contributed by atoms with van der Waals surface area (Å²) >= 11 is 0. The van der Waals surface area contributed by atoms with Crippen LogP contribution in [-0.2, 0) is 20.2 Å². The van der Waals surface area contributed by atoms with Crippen molar-refractivity contribution in [1.82, 2.24) is 0 Å². The molecule has 0 radical (unpaired) electrons. The van der Waals surface area contributed by atoms with Crippen LogP contribution in [0.1, 0.15) is 41.4 Å². The molecule has 31 heteroatoms. The molecular formula is C28H34N4O24S2Sr. The van der Waals surface area contributed by atoms with Crippen molar-refractivity contribution in [3.8, 4) is 0 Å². The molecule has 0 bridgehead atoms. The normalized spacial score (nSPS) is 9.25. The number of carbonyl (C=O) groups excluding carboxylic acids is 2. The second kappa shape index (κ2) is 28.0. The van der Waals surface area contributed by atoms with Crippen molar-refractivity contribution >= 4 is 112 Å². The largest absolute Gasteiger partial charge is 2.00 e. The van der Waals surface area contributed by atoms with Gasteiger partial charge in [-0.15, -0.1) is 0 Å². The van der Waals surface area contributed by atoms with Crippen LogP contribution >= 0.6 is 0 Å². The van der Waals surface area contributed by atoms with Gasteiger partial charge in [0.1, 0.15) is 20.2 Å². The first-order valence-electron chi connectivity index (χ1n) is 13.0. The zero-order chi connectivity index (χ0) is 37.6. The van der Waals surface area contributed by atoms with Gasteiger partial charge in [-0.25, -0.2) is 26.4 Å². The molecule has 0 aromatic heterocycles.